The maximum Gasteiger partial charge on any atom is 0.261 e. The Balaban J connectivity index is 1.41. The number of imide groups is 1. The maximum absolute atomic E-state index is 12.9. The molecule has 29 heavy (non-hydrogen) atoms. The molecule has 1 aromatic rings. The standard InChI is InChI=1S/C22H24ClNO5/c23-17-9-8-14(24-20(25)15-5-1-2-6-16(15)21(24)26)13-18(17)28-19-7-3-10-22(19)11-4-12-27-29-22/h8-9,13,19H,1-7,10-12H2. The molecule has 6 nitrogen and oxygen atoms in total. The third-order valence-electron chi connectivity index (χ3n) is 6.54. The van der Waals surface area contributed by atoms with Gasteiger partial charge in [0.15, 0.2) is 0 Å². The Kier molecular flexibility index (Phi) is 4.88. The molecule has 2 aliphatic heterocycles. The number of ether oxygens (including phenoxy) is 1. The molecular weight excluding hydrogens is 394 g/mol. The number of halogens is 1. The predicted molar refractivity (Wildman–Crippen MR) is 107 cm³/mol. The first-order chi connectivity index (χ1) is 14.1. The predicted octanol–water partition coefficient (Wildman–Crippen LogP) is 4.50. The van der Waals surface area contributed by atoms with Crippen molar-refractivity contribution >= 4 is 29.1 Å². The molecule has 2 amide bonds. The van der Waals surface area contributed by atoms with Gasteiger partial charge >= 0.3 is 0 Å². The van der Waals surface area contributed by atoms with Crippen molar-refractivity contribution < 1.29 is 24.1 Å². The number of hydrogen-bond donors (Lipinski definition) is 0. The fourth-order valence-electron chi connectivity index (χ4n) is 5.04. The van der Waals surface area contributed by atoms with E-state index in [4.69, 9.17) is 26.1 Å². The van der Waals surface area contributed by atoms with Gasteiger partial charge in [-0.25, -0.2) is 14.7 Å². The third-order valence-corrected chi connectivity index (χ3v) is 6.85. The molecule has 0 aromatic heterocycles. The van der Waals surface area contributed by atoms with E-state index in [2.05, 4.69) is 0 Å². The monoisotopic (exact) mass is 417 g/mol. The molecule has 2 heterocycles. The molecule has 0 N–H and O–H groups in total. The second-order valence-corrected chi connectivity index (χ2v) is 8.70. The van der Waals surface area contributed by atoms with Crippen LogP contribution in [0.4, 0.5) is 5.69 Å². The Morgan fingerprint density at radius 3 is 2.45 bits per heavy atom. The summed E-state index contributed by atoms with van der Waals surface area (Å²) >= 11 is 6.41. The number of rotatable bonds is 3. The number of nitrogens with zero attached hydrogens (tertiary/aromatic N) is 1. The van der Waals surface area contributed by atoms with Gasteiger partial charge in [-0.15, -0.1) is 0 Å². The van der Waals surface area contributed by atoms with Crippen molar-refractivity contribution in [2.75, 3.05) is 11.5 Å². The Hall–Kier alpha value is -1.89. The van der Waals surface area contributed by atoms with E-state index >= 15 is 0 Å². The summed E-state index contributed by atoms with van der Waals surface area (Å²) in [5.74, 6) is 0.0498. The van der Waals surface area contributed by atoms with Crippen molar-refractivity contribution in [1.29, 1.82) is 0 Å². The van der Waals surface area contributed by atoms with Crippen molar-refractivity contribution in [2.45, 2.75) is 69.5 Å². The van der Waals surface area contributed by atoms with Gasteiger partial charge in [0.1, 0.15) is 17.5 Å². The van der Waals surface area contributed by atoms with Crippen LogP contribution in [0.3, 0.4) is 0 Å². The number of amides is 2. The van der Waals surface area contributed by atoms with E-state index in [1.807, 2.05) is 0 Å². The summed E-state index contributed by atoms with van der Waals surface area (Å²) in [7, 11) is 0. The zero-order chi connectivity index (χ0) is 20.0. The fraction of sp³-hybridized carbons (Fsp3) is 0.545. The number of hydrogen-bond acceptors (Lipinski definition) is 5. The minimum absolute atomic E-state index is 0.174. The van der Waals surface area contributed by atoms with Gasteiger partial charge in [0.05, 0.1) is 17.3 Å². The Morgan fingerprint density at radius 1 is 1.03 bits per heavy atom. The van der Waals surface area contributed by atoms with Crippen molar-refractivity contribution in [3.8, 4) is 5.75 Å². The summed E-state index contributed by atoms with van der Waals surface area (Å²) in [4.78, 5) is 38.0. The van der Waals surface area contributed by atoms with Crippen LogP contribution in [-0.2, 0) is 19.4 Å². The lowest BCUT2D eigenvalue weighted by Gasteiger charge is -2.37. The average molecular weight is 418 g/mol. The molecule has 1 spiro atoms. The highest BCUT2D eigenvalue weighted by atomic mass is 35.5. The summed E-state index contributed by atoms with van der Waals surface area (Å²) < 4.78 is 6.29. The Labute approximate surface area is 174 Å². The molecule has 5 rings (SSSR count). The lowest BCUT2D eigenvalue weighted by Crippen LogP contribution is -2.46. The summed E-state index contributed by atoms with van der Waals surface area (Å²) in [6.07, 6.45) is 7.62. The van der Waals surface area contributed by atoms with Crippen LogP contribution in [-0.4, -0.2) is 30.1 Å². The SMILES string of the molecule is O=C1C2=C(CCCC2)C(=O)N1c1ccc(Cl)c(OC2CCCC23CCCOO3)c1. The van der Waals surface area contributed by atoms with Crippen LogP contribution in [0.25, 0.3) is 0 Å². The highest BCUT2D eigenvalue weighted by Gasteiger charge is 2.48. The molecule has 1 aromatic carbocycles. The average Bonchev–Trinajstić information content (AvgIpc) is 3.23. The van der Waals surface area contributed by atoms with Crippen molar-refractivity contribution in [3.63, 3.8) is 0 Å². The molecule has 2 atom stereocenters. The molecule has 2 unspecified atom stereocenters. The first-order valence-corrected chi connectivity index (χ1v) is 10.8. The quantitative estimate of drug-likeness (QED) is 0.535. The summed E-state index contributed by atoms with van der Waals surface area (Å²) in [6, 6.07) is 5.09. The topological polar surface area (TPSA) is 65.1 Å². The largest absolute Gasteiger partial charge is 0.486 e. The van der Waals surface area contributed by atoms with Gasteiger partial charge < -0.3 is 4.74 Å². The first kappa shape index (κ1) is 19.1. The second kappa shape index (κ2) is 7.42. The molecule has 1 saturated heterocycles. The molecule has 0 bridgehead atoms. The van der Waals surface area contributed by atoms with Gasteiger partial charge in [0.2, 0.25) is 0 Å². The zero-order valence-corrected chi connectivity index (χ0v) is 17.0. The molecule has 0 radical (unpaired) electrons. The van der Waals surface area contributed by atoms with E-state index < -0.39 is 5.60 Å². The number of carbonyl (C=O) groups excluding carboxylic acids is 2. The highest BCUT2D eigenvalue weighted by molar-refractivity contribution is 6.34. The van der Waals surface area contributed by atoms with E-state index in [1.165, 1.54) is 4.90 Å². The molecule has 7 heteroatoms. The van der Waals surface area contributed by atoms with Crippen LogP contribution in [0.2, 0.25) is 5.02 Å². The Morgan fingerprint density at radius 2 is 1.76 bits per heavy atom. The molecule has 4 aliphatic rings. The summed E-state index contributed by atoms with van der Waals surface area (Å²) in [5, 5.41) is 0.448. The van der Waals surface area contributed by atoms with Crippen LogP contribution in [0.15, 0.2) is 29.3 Å². The number of anilines is 1. The van der Waals surface area contributed by atoms with Crippen LogP contribution in [0.5, 0.6) is 5.75 Å². The first-order valence-electron chi connectivity index (χ1n) is 10.5. The van der Waals surface area contributed by atoms with Gasteiger partial charge in [-0.05, 0) is 69.9 Å². The lowest BCUT2D eigenvalue weighted by molar-refractivity contribution is -0.393. The smallest absolute Gasteiger partial charge is 0.261 e. The van der Waals surface area contributed by atoms with Gasteiger partial charge in [-0.1, -0.05) is 11.6 Å². The van der Waals surface area contributed by atoms with Gasteiger partial charge in [-0.2, -0.15) is 0 Å². The maximum atomic E-state index is 12.9. The molecule has 154 valence electrons. The zero-order valence-electron chi connectivity index (χ0n) is 16.2. The van der Waals surface area contributed by atoms with E-state index in [0.29, 0.717) is 47.1 Å². The van der Waals surface area contributed by atoms with E-state index in [0.717, 1.165) is 44.9 Å². The molecular formula is C22H24ClNO5. The van der Waals surface area contributed by atoms with Gasteiger partial charge in [0.25, 0.3) is 11.8 Å². The minimum Gasteiger partial charge on any atom is -0.486 e. The van der Waals surface area contributed by atoms with Crippen LogP contribution in [0, 0.1) is 0 Å². The van der Waals surface area contributed by atoms with Crippen LogP contribution >= 0.6 is 11.6 Å². The molecule has 2 fully saturated rings. The van der Waals surface area contributed by atoms with Gasteiger partial charge in [-0.3, -0.25) is 9.59 Å². The van der Waals surface area contributed by atoms with Crippen molar-refractivity contribution in [3.05, 3.63) is 34.4 Å². The van der Waals surface area contributed by atoms with Crippen LogP contribution < -0.4 is 9.64 Å². The summed E-state index contributed by atoms with van der Waals surface area (Å²) in [6.45, 7) is 0.599. The minimum atomic E-state index is -0.447. The van der Waals surface area contributed by atoms with Crippen molar-refractivity contribution in [1.82, 2.24) is 0 Å². The molecule has 1 saturated carbocycles. The van der Waals surface area contributed by atoms with E-state index in [-0.39, 0.29) is 17.9 Å². The van der Waals surface area contributed by atoms with Gasteiger partial charge in [0, 0.05) is 17.2 Å². The normalized spacial score (nSPS) is 29.7. The number of carbonyl (C=O) groups is 2. The second-order valence-electron chi connectivity index (χ2n) is 8.30. The third kappa shape index (κ3) is 3.18. The fourth-order valence-corrected chi connectivity index (χ4v) is 5.20. The van der Waals surface area contributed by atoms with Crippen LogP contribution in [0.1, 0.15) is 57.8 Å². The van der Waals surface area contributed by atoms with Crippen molar-refractivity contribution in [2.24, 2.45) is 0 Å². The lowest BCUT2D eigenvalue weighted by atomic mass is 9.93. The van der Waals surface area contributed by atoms with E-state index in [9.17, 15) is 9.59 Å². The Bertz CT molecular complexity index is 861. The highest BCUT2D eigenvalue weighted by Crippen LogP contribution is 2.44. The van der Waals surface area contributed by atoms with E-state index in [1.54, 1.807) is 18.2 Å². The summed E-state index contributed by atoms with van der Waals surface area (Å²) in [5.41, 5.74) is 1.39. The molecule has 2 aliphatic carbocycles. The number of benzene rings is 1.